The summed E-state index contributed by atoms with van der Waals surface area (Å²) in [6.45, 7) is 0.999. The van der Waals surface area contributed by atoms with E-state index in [2.05, 4.69) is 143 Å². The lowest BCUT2D eigenvalue weighted by Crippen LogP contribution is -2.49. The van der Waals surface area contributed by atoms with Crippen molar-refractivity contribution in [1.82, 2.24) is 0 Å². The number of hydrogen-bond acceptors (Lipinski definition) is 1. The number of benzene rings is 4. The van der Waals surface area contributed by atoms with Gasteiger partial charge in [0.05, 0.1) is 0 Å². The Balaban J connectivity index is 1.59. The van der Waals surface area contributed by atoms with Crippen molar-refractivity contribution >= 4 is 0 Å². The predicted octanol–water partition coefficient (Wildman–Crippen LogP) is 6.67. The highest BCUT2D eigenvalue weighted by molar-refractivity contribution is 5.74. The van der Waals surface area contributed by atoms with Gasteiger partial charge in [0.25, 0.3) is 0 Å². The Hall–Kier alpha value is -4.17. The SMILES string of the molecule is c1ccc(-c2cc(-c3ccccc3)[n+](N3CC3c3ccccc3)c(-c3ccccc3)c2)cc1. The van der Waals surface area contributed by atoms with Crippen LogP contribution in [0.3, 0.4) is 0 Å². The van der Waals surface area contributed by atoms with E-state index in [9.17, 15) is 0 Å². The predicted molar refractivity (Wildman–Crippen MR) is 135 cm³/mol. The minimum Gasteiger partial charge on any atom is -0.168 e. The number of hydrogen-bond donors (Lipinski definition) is 0. The number of nitrogens with zero attached hydrogens (tertiary/aromatic N) is 2. The summed E-state index contributed by atoms with van der Waals surface area (Å²) in [7, 11) is 0. The largest absolute Gasteiger partial charge is 0.243 e. The van der Waals surface area contributed by atoms with Gasteiger partial charge in [-0.3, -0.25) is 0 Å². The molecule has 1 aromatic heterocycles. The molecule has 158 valence electrons. The molecule has 4 aromatic carbocycles. The fourth-order valence-electron chi connectivity index (χ4n) is 4.60. The summed E-state index contributed by atoms with van der Waals surface area (Å²) >= 11 is 0. The molecule has 1 aliphatic rings. The van der Waals surface area contributed by atoms with Gasteiger partial charge in [-0.05, 0) is 41.0 Å². The summed E-state index contributed by atoms with van der Waals surface area (Å²) in [5.41, 5.74) is 8.64. The summed E-state index contributed by atoms with van der Waals surface area (Å²) in [5, 5.41) is 2.47. The van der Waals surface area contributed by atoms with Crippen LogP contribution in [0.4, 0.5) is 0 Å². The number of pyridine rings is 1. The third kappa shape index (κ3) is 3.81. The second kappa shape index (κ2) is 8.40. The summed E-state index contributed by atoms with van der Waals surface area (Å²) in [4.78, 5) is 0. The van der Waals surface area contributed by atoms with Crippen molar-refractivity contribution < 1.29 is 4.68 Å². The zero-order chi connectivity index (χ0) is 22.0. The van der Waals surface area contributed by atoms with Crippen LogP contribution >= 0.6 is 0 Å². The van der Waals surface area contributed by atoms with Gasteiger partial charge >= 0.3 is 0 Å². The van der Waals surface area contributed by atoms with Crippen LogP contribution in [-0.2, 0) is 0 Å². The Bertz CT molecular complexity index is 1300. The van der Waals surface area contributed by atoms with Gasteiger partial charge in [0, 0.05) is 23.3 Å². The van der Waals surface area contributed by atoms with Crippen molar-refractivity contribution in [2.45, 2.75) is 6.04 Å². The third-order valence-electron chi connectivity index (χ3n) is 6.31. The Morgan fingerprint density at radius 1 is 0.485 bits per heavy atom. The molecule has 1 saturated heterocycles. The Labute approximate surface area is 195 Å². The molecule has 0 amide bonds. The van der Waals surface area contributed by atoms with Gasteiger partial charge < -0.3 is 0 Å². The maximum absolute atomic E-state index is 2.47. The van der Waals surface area contributed by atoms with E-state index in [1.54, 1.807) is 0 Å². The lowest BCUT2D eigenvalue weighted by Gasteiger charge is -2.13. The molecule has 33 heavy (non-hydrogen) atoms. The molecule has 1 aliphatic heterocycles. The van der Waals surface area contributed by atoms with Crippen LogP contribution in [0, 0.1) is 0 Å². The molecule has 2 nitrogen and oxygen atoms in total. The van der Waals surface area contributed by atoms with Crippen LogP contribution in [0.15, 0.2) is 133 Å². The van der Waals surface area contributed by atoms with Gasteiger partial charge in [0.2, 0.25) is 11.4 Å². The highest BCUT2D eigenvalue weighted by Gasteiger charge is 2.46. The van der Waals surface area contributed by atoms with E-state index in [0.717, 1.165) is 6.54 Å². The van der Waals surface area contributed by atoms with Crippen molar-refractivity contribution in [1.29, 1.82) is 0 Å². The Morgan fingerprint density at radius 3 is 1.39 bits per heavy atom. The van der Waals surface area contributed by atoms with Crippen molar-refractivity contribution in [2.24, 2.45) is 0 Å². The Morgan fingerprint density at radius 2 is 0.909 bits per heavy atom. The van der Waals surface area contributed by atoms with Crippen molar-refractivity contribution in [2.75, 3.05) is 11.6 Å². The molecule has 0 radical (unpaired) electrons. The molecule has 2 heteroatoms. The lowest BCUT2D eigenvalue weighted by molar-refractivity contribution is -0.655. The first-order chi connectivity index (χ1) is 16.4. The standard InChI is InChI=1S/C31H25N2/c1-5-13-24(14-6-1)28-21-29(25-15-7-2-8-16-25)33(30(22-28)26-17-9-3-10-18-26)32-23-31(32)27-19-11-4-12-20-27/h1-22,31H,23H2/q+1. The summed E-state index contributed by atoms with van der Waals surface area (Å²) in [6, 6.07) is 48.0. The van der Waals surface area contributed by atoms with E-state index in [1.807, 2.05) is 0 Å². The summed E-state index contributed by atoms with van der Waals surface area (Å²) in [5.74, 6) is 0. The average Bonchev–Trinajstić information content (AvgIpc) is 3.71. The molecular formula is C31H25N2+. The van der Waals surface area contributed by atoms with E-state index in [0.29, 0.717) is 6.04 Å². The molecule has 5 aromatic rings. The van der Waals surface area contributed by atoms with Crippen molar-refractivity contribution in [3.63, 3.8) is 0 Å². The van der Waals surface area contributed by atoms with Gasteiger partial charge in [-0.2, -0.15) is 5.01 Å². The molecule has 0 N–H and O–H groups in total. The van der Waals surface area contributed by atoms with Gasteiger partial charge in [0.1, 0.15) is 12.6 Å². The highest BCUT2D eigenvalue weighted by atomic mass is 15.6. The van der Waals surface area contributed by atoms with E-state index in [1.165, 1.54) is 39.2 Å². The molecule has 0 saturated carbocycles. The Kier molecular flexibility index (Phi) is 4.97. The van der Waals surface area contributed by atoms with Gasteiger partial charge in [0.15, 0.2) is 0 Å². The normalized spacial score (nSPS) is 14.8. The van der Waals surface area contributed by atoms with Crippen LogP contribution in [0.5, 0.6) is 0 Å². The molecule has 0 aliphatic carbocycles. The zero-order valence-electron chi connectivity index (χ0n) is 18.4. The number of aromatic nitrogens is 1. The van der Waals surface area contributed by atoms with Crippen LogP contribution in [-0.4, -0.2) is 6.54 Å². The van der Waals surface area contributed by atoms with Crippen molar-refractivity contribution in [3.05, 3.63) is 139 Å². The fourth-order valence-corrected chi connectivity index (χ4v) is 4.60. The maximum atomic E-state index is 2.47. The minimum atomic E-state index is 0.378. The molecule has 0 bridgehead atoms. The molecule has 0 spiro atoms. The fraction of sp³-hybridized carbons (Fsp3) is 0.0645. The monoisotopic (exact) mass is 425 g/mol. The molecule has 2 heterocycles. The minimum absolute atomic E-state index is 0.378. The molecule has 1 unspecified atom stereocenters. The first-order valence-electron chi connectivity index (χ1n) is 11.5. The lowest BCUT2D eigenvalue weighted by atomic mass is 9.99. The van der Waals surface area contributed by atoms with E-state index in [-0.39, 0.29) is 0 Å². The maximum Gasteiger partial charge on any atom is 0.243 e. The first-order valence-corrected chi connectivity index (χ1v) is 11.5. The second-order valence-electron chi connectivity index (χ2n) is 8.47. The highest BCUT2D eigenvalue weighted by Crippen LogP contribution is 2.35. The van der Waals surface area contributed by atoms with E-state index < -0.39 is 0 Å². The summed E-state index contributed by atoms with van der Waals surface area (Å²) < 4.78 is 2.43. The second-order valence-corrected chi connectivity index (χ2v) is 8.47. The van der Waals surface area contributed by atoms with Gasteiger partial charge in [-0.25, -0.2) is 0 Å². The van der Waals surface area contributed by atoms with E-state index in [4.69, 9.17) is 0 Å². The molecule has 6 rings (SSSR count). The van der Waals surface area contributed by atoms with Crippen LogP contribution in [0.2, 0.25) is 0 Å². The topological polar surface area (TPSA) is 6.89 Å². The molecular weight excluding hydrogens is 400 g/mol. The van der Waals surface area contributed by atoms with Gasteiger partial charge in [-0.15, -0.1) is 0 Å². The summed E-state index contributed by atoms with van der Waals surface area (Å²) in [6.07, 6.45) is 0. The quantitative estimate of drug-likeness (QED) is 0.225. The van der Waals surface area contributed by atoms with Crippen LogP contribution in [0.25, 0.3) is 33.6 Å². The van der Waals surface area contributed by atoms with Gasteiger partial charge in [-0.1, -0.05) is 102 Å². The van der Waals surface area contributed by atoms with Crippen LogP contribution < -0.4 is 9.69 Å². The molecule has 1 atom stereocenters. The zero-order valence-corrected chi connectivity index (χ0v) is 18.4. The third-order valence-corrected chi connectivity index (χ3v) is 6.31. The number of rotatable bonds is 5. The molecule has 1 fully saturated rings. The smallest absolute Gasteiger partial charge is 0.168 e. The van der Waals surface area contributed by atoms with Crippen molar-refractivity contribution in [3.8, 4) is 33.6 Å². The van der Waals surface area contributed by atoms with E-state index >= 15 is 0 Å². The van der Waals surface area contributed by atoms with Crippen LogP contribution in [0.1, 0.15) is 11.6 Å². The average molecular weight is 426 g/mol. The first kappa shape index (κ1) is 19.5.